The molecule has 1 aromatic carbocycles. The Labute approximate surface area is 118 Å². The second-order valence-corrected chi connectivity index (χ2v) is 5.57. The predicted molar refractivity (Wildman–Crippen MR) is 73.9 cm³/mol. The van der Waals surface area contributed by atoms with Crippen LogP contribution in [0.3, 0.4) is 0 Å². The van der Waals surface area contributed by atoms with Gasteiger partial charge in [-0.1, -0.05) is 32.6 Å². The summed E-state index contributed by atoms with van der Waals surface area (Å²) in [6.45, 7) is 2.56. The smallest absolute Gasteiger partial charge is 0.133 e. The zero-order chi connectivity index (χ0) is 14.5. The normalized spacial score (nSPS) is 18.8. The molecular formula is C16H22F3N. The summed E-state index contributed by atoms with van der Waals surface area (Å²) in [7, 11) is 0. The van der Waals surface area contributed by atoms with Gasteiger partial charge in [0, 0.05) is 23.7 Å². The van der Waals surface area contributed by atoms with Crippen LogP contribution in [0.4, 0.5) is 13.2 Å². The first-order chi connectivity index (χ1) is 9.63. The molecule has 20 heavy (non-hydrogen) atoms. The summed E-state index contributed by atoms with van der Waals surface area (Å²) >= 11 is 0. The van der Waals surface area contributed by atoms with Crippen LogP contribution < -0.4 is 5.32 Å². The number of rotatable bonds is 4. The predicted octanol–water partition coefficient (Wildman–Crippen LogP) is 4.72. The van der Waals surface area contributed by atoms with Crippen molar-refractivity contribution < 1.29 is 13.2 Å². The molecule has 1 fully saturated rings. The molecule has 1 atom stereocenters. The minimum Gasteiger partial charge on any atom is -0.310 e. The van der Waals surface area contributed by atoms with Crippen LogP contribution >= 0.6 is 0 Å². The molecule has 0 aromatic heterocycles. The van der Waals surface area contributed by atoms with Gasteiger partial charge in [-0.25, -0.2) is 13.2 Å². The van der Waals surface area contributed by atoms with Crippen LogP contribution in [0.5, 0.6) is 0 Å². The Kier molecular flexibility index (Phi) is 5.46. The maximum atomic E-state index is 14.0. The van der Waals surface area contributed by atoms with Crippen molar-refractivity contribution in [2.24, 2.45) is 5.92 Å². The number of nitrogens with one attached hydrogen (secondary N) is 1. The van der Waals surface area contributed by atoms with Crippen molar-refractivity contribution in [2.45, 2.75) is 51.5 Å². The summed E-state index contributed by atoms with van der Waals surface area (Å²) in [6, 6.07) is 1.19. The first-order valence-corrected chi connectivity index (χ1v) is 7.51. The van der Waals surface area contributed by atoms with Gasteiger partial charge in [-0.05, 0) is 25.3 Å². The van der Waals surface area contributed by atoms with E-state index in [0.717, 1.165) is 37.8 Å². The Morgan fingerprint density at radius 3 is 2.10 bits per heavy atom. The average molecular weight is 285 g/mol. The van der Waals surface area contributed by atoms with E-state index in [1.807, 2.05) is 6.92 Å². The van der Waals surface area contributed by atoms with Crippen molar-refractivity contribution in [1.82, 2.24) is 5.32 Å². The van der Waals surface area contributed by atoms with E-state index in [-0.39, 0.29) is 17.5 Å². The van der Waals surface area contributed by atoms with E-state index in [1.165, 1.54) is 12.8 Å². The van der Waals surface area contributed by atoms with Crippen molar-refractivity contribution in [3.05, 3.63) is 35.1 Å². The van der Waals surface area contributed by atoms with Crippen molar-refractivity contribution >= 4 is 0 Å². The standard InChI is InChI=1S/C16H22F3N/c1-2-20-16(11-7-5-3-4-6-8-11)15-13(18)9-12(17)10-14(15)19/h9-11,16,20H,2-8H2,1H3. The number of hydrogen-bond donors (Lipinski definition) is 1. The summed E-state index contributed by atoms with van der Waals surface area (Å²) in [4.78, 5) is 0. The Hall–Kier alpha value is -1.03. The van der Waals surface area contributed by atoms with E-state index < -0.39 is 17.5 Å². The third-order valence-electron chi connectivity index (χ3n) is 4.15. The highest BCUT2D eigenvalue weighted by molar-refractivity contribution is 5.25. The summed E-state index contributed by atoms with van der Waals surface area (Å²) in [5.74, 6) is -2.21. The molecule has 1 aliphatic rings. The van der Waals surface area contributed by atoms with Crippen LogP contribution in [0.2, 0.25) is 0 Å². The van der Waals surface area contributed by atoms with Gasteiger partial charge in [0.1, 0.15) is 17.5 Å². The molecule has 0 saturated heterocycles. The minimum absolute atomic E-state index is 0.000139. The fourth-order valence-corrected chi connectivity index (χ4v) is 3.22. The molecule has 1 nitrogen and oxygen atoms in total. The second-order valence-electron chi connectivity index (χ2n) is 5.57. The van der Waals surface area contributed by atoms with Gasteiger partial charge >= 0.3 is 0 Å². The summed E-state index contributed by atoms with van der Waals surface area (Å²) in [5, 5.41) is 3.20. The third-order valence-corrected chi connectivity index (χ3v) is 4.15. The highest BCUT2D eigenvalue weighted by Gasteiger charge is 2.28. The van der Waals surface area contributed by atoms with Crippen LogP contribution in [-0.2, 0) is 0 Å². The Morgan fingerprint density at radius 1 is 1.05 bits per heavy atom. The van der Waals surface area contributed by atoms with Crippen molar-refractivity contribution in [3.8, 4) is 0 Å². The van der Waals surface area contributed by atoms with E-state index in [4.69, 9.17) is 0 Å². The number of hydrogen-bond acceptors (Lipinski definition) is 1. The molecule has 4 heteroatoms. The molecular weight excluding hydrogens is 263 g/mol. The highest BCUT2D eigenvalue weighted by Crippen LogP contribution is 2.35. The van der Waals surface area contributed by atoms with Gasteiger partial charge in [0.25, 0.3) is 0 Å². The quantitative estimate of drug-likeness (QED) is 0.789. The molecule has 0 spiro atoms. The van der Waals surface area contributed by atoms with Gasteiger partial charge in [0.15, 0.2) is 0 Å². The molecule has 1 N–H and O–H groups in total. The van der Waals surface area contributed by atoms with Crippen LogP contribution in [-0.4, -0.2) is 6.54 Å². The molecule has 0 bridgehead atoms. The van der Waals surface area contributed by atoms with Gasteiger partial charge in [0.05, 0.1) is 0 Å². The monoisotopic (exact) mass is 285 g/mol. The fourth-order valence-electron chi connectivity index (χ4n) is 3.22. The highest BCUT2D eigenvalue weighted by atomic mass is 19.1. The molecule has 0 heterocycles. The topological polar surface area (TPSA) is 12.0 Å². The van der Waals surface area contributed by atoms with Crippen LogP contribution in [0.1, 0.15) is 57.1 Å². The lowest BCUT2D eigenvalue weighted by molar-refractivity contribution is 0.312. The summed E-state index contributed by atoms with van der Waals surface area (Å²) in [5.41, 5.74) is 0.000139. The van der Waals surface area contributed by atoms with E-state index in [0.29, 0.717) is 6.54 Å². The van der Waals surface area contributed by atoms with Gasteiger partial charge in [0.2, 0.25) is 0 Å². The molecule has 1 saturated carbocycles. The summed E-state index contributed by atoms with van der Waals surface area (Å²) < 4.78 is 41.1. The van der Waals surface area contributed by atoms with Gasteiger partial charge in [-0.3, -0.25) is 0 Å². The largest absolute Gasteiger partial charge is 0.310 e. The van der Waals surface area contributed by atoms with Gasteiger partial charge in [-0.15, -0.1) is 0 Å². The lowest BCUT2D eigenvalue weighted by Gasteiger charge is -2.28. The minimum atomic E-state index is -0.861. The summed E-state index contributed by atoms with van der Waals surface area (Å²) in [6.07, 6.45) is 6.49. The Balaban J connectivity index is 2.32. The first-order valence-electron chi connectivity index (χ1n) is 7.51. The van der Waals surface area contributed by atoms with Crippen LogP contribution in [0, 0.1) is 23.4 Å². The molecule has 0 amide bonds. The number of halogens is 3. The van der Waals surface area contributed by atoms with E-state index in [2.05, 4.69) is 5.32 Å². The lowest BCUT2D eigenvalue weighted by atomic mass is 9.86. The Morgan fingerprint density at radius 2 is 1.60 bits per heavy atom. The van der Waals surface area contributed by atoms with Crippen LogP contribution in [0.25, 0.3) is 0 Å². The molecule has 1 aromatic rings. The molecule has 1 unspecified atom stereocenters. The van der Waals surface area contributed by atoms with Crippen molar-refractivity contribution in [2.75, 3.05) is 6.54 Å². The second kappa shape index (κ2) is 7.11. The zero-order valence-corrected chi connectivity index (χ0v) is 11.9. The van der Waals surface area contributed by atoms with Gasteiger partial charge < -0.3 is 5.32 Å². The third kappa shape index (κ3) is 3.54. The van der Waals surface area contributed by atoms with Crippen molar-refractivity contribution in [1.29, 1.82) is 0 Å². The SMILES string of the molecule is CCNC(c1c(F)cc(F)cc1F)C1CCCCCC1. The lowest BCUT2D eigenvalue weighted by Crippen LogP contribution is -2.30. The molecule has 0 aliphatic heterocycles. The van der Waals surface area contributed by atoms with E-state index >= 15 is 0 Å². The molecule has 2 rings (SSSR count). The Bertz CT molecular complexity index is 416. The maximum absolute atomic E-state index is 14.0. The van der Waals surface area contributed by atoms with Crippen LogP contribution in [0.15, 0.2) is 12.1 Å². The average Bonchev–Trinajstić information content (AvgIpc) is 2.65. The zero-order valence-electron chi connectivity index (χ0n) is 11.9. The van der Waals surface area contributed by atoms with E-state index in [1.54, 1.807) is 0 Å². The fraction of sp³-hybridized carbons (Fsp3) is 0.625. The van der Waals surface area contributed by atoms with Gasteiger partial charge in [-0.2, -0.15) is 0 Å². The maximum Gasteiger partial charge on any atom is 0.133 e. The molecule has 112 valence electrons. The molecule has 0 radical (unpaired) electrons. The van der Waals surface area contributed by atoms with Crippen molar-refractivity contribution in [3.63, 3.8) is 0 Å². The number of benzene rings is 1. The molecule has 1 aliphatic carbocycles. The van der Waals surface area contributed by atoms with E-state index in [9.17, 15) is 13.2 Å². The first kappa shape index (κ1) is 15.4.